The summed E-state index contributed by atoms with van der Waals surface area (Å²) in [5.41, 5.74) is 6.56. The Balaban J connectivity index is 2.91. The highest BCUT2D eigenvalue weighted by molar-refractivity contribution is 5.08. The maximum atomic E-state index is 5.53. The molecule has 64 valence electrons. The summed E-state index contributed by atoms with van der Waals surface area (Å²) in [6, 6.07) is 0. The first-order valence-electron chi connectivity index (χ1n) is 3.90. The van der Waals surface area contributed by atoms with E-state index in [0.29, 0.717) is 13.1 Å². The van der Waals surface area contributed by atoms with E-state index in [9.17, 15) is 0 Å². The lowest BCUT2D eigenvalue weighted by atomic mass is 10.4. The van der Waals surface area contributed by atoms with Gasteiger partial charge in [-0.2, -0.15) is 0 Å². The number of imidazole rings is 1. The van der Waals surface area contributed by atoms with Crippen LogP contribution in [-0.2, 0) is 13.1 Å². The summed E-state index contributed by atoms with van der Waals surface area (Å²) in [5, 5.41) is 0. The summed E-state index contributed by atoms with van der Waals surface area (Å²) in [7, 11) is 0. The zero-order valence-electron chi connectivity index (χ0n) is 7.46. The minimum atomic E-state index is 0.520. The van der Waals surface area contributed by atoms with Crippen molar-refractivity contribution < 1.29 is 0 Å². The van der Waals surface area contributed by atoms with E-state index in [1.54, 1.807) is 6.20 Å². The van der Waals surface area contributed by atoms with Crippen molar-refractivity contribution in [2.45, 2.75) is 26.9 Å². The Labute approximate surface area is 72.6 Å². The monoisotopic (exact) mass is 163 g/mol. The molecule has 0 saturated carbocycles. The van der Waals surface area contributed by atoms with Crippen LogP contribution in [0.1, 0.15) is 18.4 Å². The first-order chi connectivity index (χ1) is 5.79. The topological polar surface area (TPSA) is 43.8 Å². The highest BCUT2D eigenvalue weighted by Crippen LogP contribution is 2.02. The molecule has 0 aromatic carbocycles. The molecular formula is C9H13N3. The van der Waals surface area contributed by atoms with E-state index in [4.69, 9.17) is 5.73 Å². The fourth-order valence-corrected chi connectivity index (χ4v) is 1.05. The third-order valence-electron chi connectivity index (χ3n) is 1.76. The minimum absolute atomic E-state index is 0.520. The molecule has 0 aliphatic heterocycles. The molecule has 0 unspecified atom stereocenters. The lowest BCUT2D eigenvalue weighted by molar-refractivity contribution is 0.741. The molecule has 12 heavy (non-hydrogen) atoms. The maximum Gasteiger partial charge on any atom is 0.106 e. The fraction of sp³-hybridized carbons (Fsp3) is 0.444. The van der Waals surface area contributed by atoms with Crippen LogP contribution in [0.3, 0.4) is 0 Å². The first-order valence-corrected chi connectivity index (χ1v) is 3.90. The van der Waals surface area contributed by atoms with Crippen LogP contribution in [0.5, 0.6) is 0 Å². The van der Waals surface area contributed by atoms with Gasteiger partial charge in [-0.05, 0) is 13.8 Å². The van der Waals surface area contributed by atoms with Gasteiger partial charge in [-0.3, -0.25) is 0 Å². The standard InChI is InChI=1S/C9H13N3/c1-3-4-5-12-8(2)11-7-9(12)6-10/h7H,5-6,10H2,1-2H3. The maximum absolute atomic E-state index is 5.53. The summed E-state index contributed by atoms with van der Waals surface area (Å²) in [6.45, 7) is 4.99. The van der Waals surface area contributed by atoms with Crippen molar-refractivity contribution >= 4 is 0 Å². The van der Waals surface area contributed by atoms with Gasteiger partial charge >= 0.3 is 0 Å². The zero-order chi connectivity index (χ0) is 8.97. The van der Waals surface area contributed by atoms with Crippen molar-refractivity contribution in [2.75, 3.05) is 0 Å². The molecule has 3 heteroatoms. The molecule has 1 aromatic heterocycles. The third kappa shape index (κ3) is 1.66. The van der Waals surface area contributed by atoms with Crippen molar-refractivity contribution in [3.63, 3.8) is 0 Å². The van der Waals surface area contributed by atoms with Crippen LogP contribution in [0.4, 0.5) is 0 Å². The number of aryl methyl sites for hydroxylation is 1. The van der Waals surface area contributed by atoms with Crippen molar-refractivity contribution in [1.29, 1.82) is 0 Å². The molecule has 1 heterocycles. The van der Waals surface area contributed by atoms with E-state index in [2.05, 4.69) is 16.8 Å². The van der Waals surface area contributed by atoms with E-state index >= 15 is 0 Å². The molecule has 0 bridgehead atoms. The molecule has 0 amide bonds. The molecule has 3 nitrogen and oxygen atoms in total. The summed E-state index contributed by atoms with van der Waals surface area (Å²) >= 11 is 0. The lowest BCUT2D eigenvalue weighted by Gasteiger charge is -2.03. The molecule has 0 spiro atoms. The predicted molar refractivity (Wildman–Crippen MR) is 48.3 cm³/mol. The van der Waals surface area contributed by atoms with Crippen LogP contribution in [0, 0.1) is 18.8 Å². The highest BCUT2D eigenvalue weighted by Gasteiger charge is 2.01. The van der Waals surface area contributed by atoms with Crippen LogP contribution < -0.4 is 5.73 Å². The average Bonchev–Trinajstić information content (AvgIpc) is 2.43. The van der Waals surface area contributed by atoms with Gasteiger partial charge in [0.1, 0.15) is 5.82 Å². The molecule has 0 atom stereocenters. The van der Waals surface area contributed by atoms with Crippen molar-refractivity contribution in [3.8, 4) is 11.8 Å². The van der Waals surface area contributed by atoms with Crippen LogP contribution >= 0.6 is 0 Å². The Morgan fingerprint density at radius 1 is 1.67 bits per heavy atom. The van der Waals surface area contributed by atoms with Gasteiger partial charge in [0.25, 0.3) is 0 Å². The average molecular weight is 163 g/mol. The second kappa shape index (κ2) is 3.93. The van der Waals surface area contributed by atoms with Crippen LogP contribution in [0.2, 0.25) is 0 Å². The molecule has 0 aliphatic carbocycles. The van der Waals surface area contributed by atoms with Gasteiger partial charge in [0.2, 0.25) is 0 Å². The van der Waals surface area contributed by atoms with Crippen molar-refractivity contribution in [3.05, 3.63) is 17.7 Å². The molecule has 1 rings (SSSR count). The summed E-state index contributed by atoms with van der Waals surface area (Å²) in [4.78, 5) is 4.16. The second-order valence-electron chi connectivity index (χ2n) is 2.51. The predicted octanol–water partition coefficient (Wildman–Crippen LogP) is 0.674. The Kier molecular flexibility index (Phi) is 2.89. The lowest BCUT2D eigenvalue weighted by Crippen LogP contribution is -2.07. The third-order valence-corrected chi connectivity index (χ3v) is 1.76. The molecule has 0 fully saturated rings. The van der Waals surface area contributed by atoms with E-state index < -0.39 is 0 Å². The van der Waals surface area contributed by atoms with Crippen molar-refractivity contribution in [1.82, 2.24) is 9.55 Å². The van der Waals surface area contributed by atoms with Gasteiger partial charge in [-0.15, -0.1) is 5.92 Å². The molecule has 0 saturated heterocycles. The Morgan fingerprint density at radius 2 is 2.42 bits per heavy atom. The number of nitrogens with two attached hydrogens (primary N) is 1. The van der Waals surface area contributed by atoms with E-state index in [1.807, 2.05) is 18.4 Å². The molecule has 0 aliphatic rings. The fourth-order valence-electron chi connectivity index (χ4n) is 1.05. The van der Waals surface area contributed by atoms with E-state index in [1.165, 1.54) is 0 Å². The second-order valence-corrected chi connectivity index (χ2v) is 2.51. The number of hydrogen-bond donors (Lipinski definition) is 1. The van der Waals surface area contributed by atoms with Crippen LogP contribution in [-0.4, -0.2) is 9.55 Å². The molecular weight excluding hydrogens is 150 g/mol. The minimum Gasteiger partial charge on any atom is -0.325 e. The first kappa shape index (κ1) is 8.82. The summed E-state index contributed by atoms with van der Waals surface area (Å²) in [6.07, 6.45) is 1.80. The SMILES string of the molecule is CC#CCn1c(CN)cnc1C. The quantitative estimate of drug-likeness (QED) is 0.651. The highest BCUT2D eigenvalue weighted by atomic mass is 15.1. The van der Waals surface area contributed by atoms with Gasteiger partial charge in [-0.1, -0.05) is 5.92 Å². The number of aromatic nitrogens is 2. The van der Waals surface area contributed by atoms with Gasteiger partial charge < -0.3 is 10.3 Å². The number of hydrogen-bond acceptors (Lipinski definition) is 2. The molecule has 1 aromatic rings. The zero-order valence-corrected chi connectivity index (χ0v) is 7.46. The largest absolute Gasteiger partial charge is 0.325 e. The van der Waals surface area contributed by atoms with E-state index in [0.717, 1.165) is 11.5 Å². The summed E-state index contributed by atoms with van der Waals surface area (Å²) < 4.78 is 2.02. The molecule has 2 N–H and O–H groups in total. The van der Waals surface area contributed by atoms with Gasteiger partial charge in [0.15, 0.2) is 0 Å². The van der Waals surface area contributed by atoms with Crippen LogP contribution in [0.15, 0.2) is 6.20 Å². The normalized spacial score (nSPS) is 9.25. The van der Waals surface area contributed by atoms with Gasteiger partial charge in [-0.25, -0.2) is 4.98 Å². The Morgan fingerprint density at radius 3 is 3.00 bits per heavy atom. The number of rotatable bonds is 2. The Bertz CT molecular complexity index is 314. The Hall–Kier alpha value is -1.27. The summed E-state index contributed by atoms with van der Waals surface area (Å²) in [5.74, 6) is 6.80. The van der Waals surface area contributed by atoms with Gasteiger partial charge in [0.05, 0.1) is 12.2 Å². The van der Waals surface area contributed by atoms with E-state index in [-0.39, 0.29) is 0 Å². The molecule has 0 radical (unpaired) electrons. The number of nitrogens with zero attached hydrogens (tertiary/aromatic N) is 2. The smallest absolute Gasteiger partial charge is 0.106 e. The van der Waals surface area contributed by atoms with Crippen molar-refractivity contribution in [2.24, 2.45) is 5.73 Å². The van der Waals surface area contributed by atoms with Crippen LogP contribution in [0.25, 0.3) is 0 Å². The van der Waals surface area contributed by atoms with Gasteiger partial charge in [0, 0.05) is 12.7 Å².